The summed E-state index contributed by atoms with van der Waals surface area (Å²) in [6.45, 7) is 6.42. The summed E-state index contributed by atoms with van der Waals surface area (Å²) in [7, 11) is 0. The number of aromatic nitrogens is 3. The van der Waals surface area contributed by atoms with Crippen LogP contribution in [0.5, 0.6) is 17.2 Å². The second-order valence-electron chi connectivity index (χ2n) is 8.98. The molecular formula is C30H30BrF3N4O4S. The van der Waals surface area contributed by atoms with E-state index in [9.17, 15) is 18.0 Å². The third-order valence-corrected chi connectivity index (χ3v) is 7.52. The van der Waals surface area contributed by atoms with Gasteiger partial charge in [-0.3, -0.25) is 9.36 Å². The van der Waals surface area contributed by atoms with Crippen LogP contribution in [0, 0.1) is 0 Å². The average molecular weight is 680 g/mol. The first-order valence-electron chi connectivity index (χ1n) is 13.5. The summed E-state index contributed by atoms with van der Waals surface area (Å²) in [5.41, 5.74) is 0.664. The van der Waals surface area contributed by atoms with Crippen molar-refractivity contribution in [1.29, 1.82) is 0 Å². The Morgan fingerprint density at radius 2 is 1.58 bits per heavy atom. The number of benzene rings is 3. The molecule has 43 heavy (non-hydrogen) atoms. The molecule has 0 bridgehead atoms. The molecule has 1 amide bonds. The van der Waals surface area contributed by atoms with Crippen molar-refractivity contribution in [3.05, 3.63) is 87.7 Å². The highest BCUT2D eigenvalue weighted by Gasteiger charge is 2.31. The van der Waals surface area contributed by atoms with E-state index in [-0.39, 0.29) is 23.6 Å². The molecule has 0 atom stereocenters. The van der Waals surface area contributed by atoms with Crippen LogP contribution in [0.25, 0.3) is 5.69 Å². The van der Waals surface area contributed by atoms with Gasteiger partial charge in [-0.15, -0.1) is 10.2 Å². The number of hydrogen-bond donors (Lipinski definition) is 1. The molecule has 13 heteroatoms. The summed E-state index contributed by atoms with van der Waals surface area (Å²) >= 11 is 4.73. The van der Waals surface area contributed by atoms with Crippen LogP contribution < -0.4 is 19.5 Å². The Kier molecular flexibility index (Phi) is 11.0. The zero-order valence-corrected chi connectivity index (χ0v) is 26.1. The van der Waals surface area contributed by atoms with Crippen molar-refractivity contribution >= 4 is 33.6 Å². The van der Waals surface area contributed by atoms with Crippen LogP contribution in [0.1, 0.15) is 48.1 Å². The van der Waals surface area contributed by atoms with Crippen LogP contribution in [0.15, 0.2) is 70.3 Å². The van der Waals surface area contributed by atoms with Gasteiger partial charge in [0, 0.05) is 15.8 Å². The molecule has 0 spiro atoms. The highest BCUT2D eigenvalue weighted by atomic mass is 79.9. The highest BCUT2D eigenvalue weighted by Crippen LogP contribution is 2.39. The largest absolute Gasteiger partial charge is 0.490 e. The number of ether oxygens (including phenoxy) is 3. The molecule has 0 aliphatic carbocycles. The lowest BCUT2D eigenvalue weighted by Gasteiger charge is -2.17. The van der Waals surface area contributed by atoms with Gasteiger partial charge in [0.25, 0.3) is 5.91 Å². The van der Waals surface area contributed by atoms with Gasteiger partial charge in [-0.1, -0.05) is 45.9 Å². The smallest absolute Gasteiger partial charge is 0.416 e. The molecule has 0 aliphatic heterocycles. The summed E-state index contributed by atoms with van der Waals surface area (Å²) in [4.78, 5) is 13.3. The number of carbonyl (C=O) groups is 1. The molecule has 0 radical (unpaired) electrons. The minimum absolute atomic E-state index is 0.109. The molecule has 0 saturated heterocycles. The second-order valence-corrected chi connectivity index (χ2v) is 10.8. The van der Waals surface area contributed by atoms with Gasteiger partial charge in [0.2, 0.25) is 5.75 Å². The lowest BCUT2D eigenvalue weighted by molar-refractivity contribution is -0.137. The molecule has 4 rings (SSSR count). The molecule has 1 N–H and O–H groups in total. The van der Waals surface area contributed by atoms with Crippen molar-refractivity contribution in [3.8, 4) is 22.9 Å². The summed E-state index contributed by atoms with van der Waals surface area (Å²) in [5.74, 6) is 1.42. The van der Waals surface area contributed by atoms with E-state index in [2.05, 4.69) is 31.4 Å². The predicted octanol–water partition coefficient (Wildman–Crippen LogP) is 7.47. The van der Waals surface area contributed by atoms with Gasteiger partial charge in [0.15, 0.2) is 22.5 Å². The zero-order valence-electron chi connectivity index (χ0n) is 23.7. The number of nitrogens with one attached hydrogen (secondary N) is 1. The summed E-state index contributed by atoms with van der Waals surface area (Å²) < 4.78 is 60.3. The lowest BCUT2D eigenvalue weighted by atomic mass is 10.1. The second kappa shape index (κ2) is 14.6. The van der Waals surface area contributed by atoms with E-state index in [1.54, 1.807) is 18.2 Å². The van der Waals surface area contributed by atoms with Gasteiger partial charge in [0.1, 0.15) is 0 Å². The van der Waals surface area contributed by atoms with E-state index in [1.807, 2.05) is 45.0 Å². The summed E-state index contributed by atoms with van der Waals surface area (Å²) in [5, 5.41) is 11.7. The molecule has 1 aromatic heterocycles. The molecule has 228 valence electrons. The Hall–Kier alpha value is -3.71. The van der Waals surface area contributed by atoms with Gasteiger partial charge in [-0.2, -0.15) is 13.2 Å². The van der Waals surface area contributed by atoms with Gasteiger partial charge in [0.05, 0.1) is 37.6 Å². The summed E-state index contributed by atoms with van der Waals surface area (Å²) in [6.07, 6.45) is -4.53. The number of halogens is 4. The normalized spacial score (nSPS) is 11.3. The number of amides is 1. The number of thioether (sulfide) groups is 1. The van der Waals surface area contributed by atoms with E-state index in [0.29, 0.717) is 48.0 Å². The van der Waals surface area contributed by atoms with E-state index in [0.717, 1.165) is 22.2 Å². The van der Waals surface area contributed by atoms with Crippen LogP contribution in [-0.4, -0.2) is 40.5 Å². The number of alkyl halides is 3. The minimum Gasteiger partial charge on any atom is -0.490 e. The maximum atomic E-state index is 13.6. The fourth-order valence-corrected chi connectivity index (χ4v) is 5.29. The number of hydrogen-bond acceptors (Lipinski definition) is 7. The van der Waals surface area contributed by atoms with Crippen LogP contribution >= 0.6 is 27.7 Å². The Morgan fingerprint density at radius 1 is 0.930 bits per heavy atom. The van der Waals surface area contributed by atoms with Crippen LogP contribution in [0.2, 0.25) is 0 Å². The molecule has 0 saturated carbocycles. The highest BCUT2D eigenvalue weighted by molar-refractivity contribution is 9.10. The van der Waals surface area contributed by atoms with Gasteiger partial charge in [-0.25, -0.2) is 0 Å². The molecule has 1 heterocycles. The standard InChI is InChI=1S/C30H30BrF3N4O4S/c1-4-40-24-14-20(15-25(41-5-2)27(24)42-6-3)28(39)35-17-26-36-37-29(43-18-19-10-12-22(31)13-11-19)38(26)23-9-7-8-21(16-23)30(32,33)34/h7-16H,4-6,17-18H2,1-3H3,(H,35,39). The number of carbonyl (C=O) groups excluding carboxylic acids is 1. The maximum Gasteiger partial charge on any atom is 0.416 e. The van der Waals surface area contributed by atoms with E-state index in [1.165, 1.54) is 22.4 Å². The van der Waals surface area contributed by atoms with Crippen LogP contribution in [0.3, 0.4) is 0 Å². The van der Waals surface area contributed by atoms with E-state index < -0.39 is 17.6 Å². The molecule has 0 unspecified atom stereocenters. The minimum atomic E-state index is -4.53. The quantitative estimate of drug-likeness (QED) is 0.147. The van der Waals surface area contributed by atoms with Gasteiger partial charge < -0.3 is 19.5 Å². The molecular weight excluding hydrogens is 649 g/mol. The predicted molar refractivity (Wildman–Crippen MR) is 161 cm³/mol. The number of rotatable bonds is 13. The molecule has 0 aliphatic rings. The van der Waals surface area contributed by atoms with Crippen molar-refractivity contribution in [2.24, 2.45) is 0 Å². The van der Waals surface area contributed by atoms with E-state index >= 15 is 0 Å². The Labute approximate surface area is 260 Å². The van der Waals surface area contributed by atoms with Crippen molar-refractivity contribution < 1.29 is 32.2 Å². The first kappa shape index (κ1) is 32.2. The van der Waals surface area contributed by atoms with Crippen molar-refractivity contribution in [2.45, 2.75) is 44.4 Å². The fourth-order valence-electron chi connectivity index (χ4n) is 4.10. The van der Waals surface area contributed by atoms with Gasteiger partial charge >= 0.3 is 6.18 Å². The average Bonchev–Trinajstić information content (AvgIpc) is 3.39. The number of nitrogens with zero attached hydrogens (tertiary/aromatic N) is 3. The third-order valence-electron chi connectivity index (χ3n) is 5.99. The topological polar surface area (TPSA) is 87.5 Å². The van der Waals surface area contributed by atoms with Gasteiger partial charge in [-0.05, 0) is 68.8 Å². The Bertz CT molecular complexity index is 1520. The summed E-state index contributed by atoms with van der Waals surface area (Å²) in [6, 6.07) is 15.7. The Balaban J connectivity index is 1.64. The monoisotopic (exact) mass is 678 g/mol. The van der Waals surface area contributed by atoms with Crippen LogP contribution in [-0.2, 0) is 18.5 Å². The SMILES string of the molecule is CCOc1cc(C(=O)NCc2nnc(SCc3ccc(Br)cc3)n2-c2cccc(C(F)(F)F)c2)cc(OCC)c1OCC. The maximum absolute atomic E-state index is 13.6. The fraction of sp³-hybridized carbons (Fsp3) is 0.300. The van der Waals surface area contributed by atoms with Crippen molar-refractivity contribution in [2.75, 3.05) is 19.8 Å². The third kappa shape index (κ3) is 8.23. The lowest BCUT2D eigenvalue weighted by Crippen LogP contribution is -2.25. The molecule has 0 fully saturated rings. The first-order valence-corrected chi connectivity index (χ1v) is 15.3. The molecule has 3 aromatic carbocycles. The van der Waals surface area contributed by atoms with Crippen LogP contribution in [0.4, 0.5) is 13.2 Å². The molecule has 8 nitrogen and oxygen atoms in total. The van der Waals surface area contributed by atoms with Crippen molar-refractivity contribution in [1.82, 2.24) is 20.1 Å². The van der Waals surface area contributed by atoms with E-state index in [4.69, 9.17) is 14.2 Å². The Morgan fingerprint density at radius 3 is 2.19 bits per heavy atom. The first-order chi connectivity index (χ1) is 20.6. The molecule has 4 aromatic rings. The zero-order chi connectivity index (χ0) is 31.0. The van der Waals surface area contributed by atoms with Crippen molar-refractivity contribution in [3.63, 3.8) is 0 Å².